The second kappa shape index (κ2) is 2.98. The second-order valence-corrected chi connectivity index (χ2v) is 5.23. The van der Waals surface area contributed by atoms with Gasteiger partial charge in [-0.25, -0.2) is 0 Å². The highest BCUT2D eigenvalue weighted by Crippen LogP contribution is 2.50. The van der Waals surface area contributed by atoms with E-state index in [1.165, 1.54) is 38.5 Å². The summed E-state index contributed by atoms with van der Waals surface area (Å²) in [4.78, 5) is 14.0. The summed E-state index contributed by atoms with van der Waals surface area (Å²) in [7, 11) is 0. The first-order valence-corrected chi connectivity index (χ1v) is 6.13. The number of amides is 1. The van der Waals surface area contributed by atoms with Crippen LogP contribution in [0.2, 0.25) is 0 Å². The molecule has 3 aliphatic rings. The lowest BCUT2D eigenvalue weighted by Crippen LogP contribution is -2.55. The van der Waals surface area contributed by atoms with Crippen LogP contribution in [-0.2, 0) is 4.79 Å². The molecule has 14 heavy (non-hydrogen) atoms. The minimum atomic E-state index is 0.341. The average molecular weight is 193 g/mol. The molecule has 2 heterocycles. The highest BCUT2D eigenvalue weighted by molar-refractivity contribution is 5.80. The van der Waals surface area contributed by atoms with Crippen LogP contribution in [0.25, 0.3) is 0 Å². The van der Waals surface area contributed by atoms with Crippen molar-refractivity contribution in [2.45, 2.75) is 56.9 Å². The fourth-order valence-corrected chi connectivity index (χ4v) is 4.08. The zero-order valence-corrected chi connectivity index (χ0v) is 8.80. The van der Waals surface area contributed by atoms with E-state index in [-0.39, 0.29) is 0 Å². The van der Waals surface area contributed by atoms with Gasteiger partial charge in [0.05, 0.1) is 0 Å². The molecule has 1 spiro atoms. The highest BCUT2D eigenvalue weighted by atomic mass is 16.2. The number of hydrogen-bond acceptors (Lipinski definition) is 1. The molecule has 0 aromatic heterocycles. The average Bonchev–Trinajstić information content (AvgIpc) is 2.55. The number of carbonyl (C=O) groups excluding carboxylic acids is 1. The van der Waals surface area contributed by atoms with Gasteiger partial charge in [0.25, 0.3) is 0 Å². The van der Waals surface area contributed by atoms with E-state index in [2.05, 4.69) is 4.90 Å². The monoisotopic (exact) mass is 193 g/mol. The summed E-state index contributed by atoms with van der Waals surface area (Å²) >= 11 is 0. The van der Waals surface area contributed by atoms with E-state index in [4.69, 9.17) is 0 Å². The number of nitrogens with zero attached hydrogens (tertiary/aromatic N) is 1. The van der Waals surface area contributed by atoms with E-state index < -0.39 is 0 Å². The predicted molar refractivity (Wildman–Crippen MR) is 54.9 cm³/mol. The molecule has 2 saturated heterocycles. The maximum absolute atomic E-state index is 11.8. The summed E-state index contributed by atoms with van der Waals surface area (Å²) in [5.41, 5.74) is 0.341. The van der Waals surface area contributed by atoms with Gasteiger partial charge < -0.3 is 4.90 Å². The molecule has 2 nitrogen and oxygen atoms in total. The topological polar surface area (TPSA) is 20.3 Å². The predicted octanol–water partition coefficient (Wildman–Crippen LogP) is 2.33. The van der Waals surface area contributed by atoms with Crippen molar-refractivity contribution in [2.75, 3.05) is 6.54 Å². The second-order valence-electron chi connectivity index (χ2n) is 5.23. The molecule has 78 valence electrons. The summed E-state index contributed by atoms with van der Waals surface area (Å²) in [5.74, 6) is 1.29. The van der Waals surface area contributed by atoms with Crippen LogP contribution in [-0.4, -0.2) is 22.9 Å². The Hall–Kier alpha value is -0.530. The maximum atomic E-state index is 11.8. The Morgan fingerprint density at radius 1 is 1.14 bits per heavy atom. The van der Waals surface area contributed by atoms with Gasteiger partial charge in [-0.1, -0.05) is 12.8 Å². The molecule has 0 aromatic rings. The molecule has 0 aromatic carbocycles. The molecule has 2 aliphatic heterocycles. The van der Waals surface area contributed by atoms with Crippen molar-refractivity contribution in [1.29, 1.82) is 0 Å². The third-order valence-corrected chi connectivity index (χ3v) is 4.72. The summed E-state index contributed by atoms with van der Waals surface area (Å²) in [5, 5.41) is 0. The van der Waals surface area contributed by atoms with E-state index in [0.29, 0.717) is 11.4 Å². The molecule has 1 aliphatic carbocycles. The Labute approximate surface area is 85.7 Å². The van der Waals surface area contributed by atoms with Crippen molar-refractivity contribution in [1.82, 2.24) is 4.90 Å². The number of rotatable bonds is 0. The molecule has 2 heteroatoms. The summed E-state index contributed by atoms with van der Waals surface area (Å²) in [6, 6.07) is 0. The van der Waals surface area contributed by atoms with Crippen LogP contribution in [0.5, 0.6) is 0 Å². The third-order valence-electron chi connectivity index (χ3n) is 4.72. The zero-order valence-electron chi connectivity index (χ0n) is 8.80. The van der Waals surface area contributed by atoms with Crippen LogP contribution >= 0.6 is 0 Å². The fraction of sp³-hybridized carbons (Fsp3) is 0.917. The Balaban J connectivity index is 1.94. The molecule has 1 amide bonds. The Bertz CT molecular complexity index is 261. The van der Waals surface area contributed by atoms with Crippen LogP contribution in [0.4, 0.5) is 0 Å². The van der Waals surface area contributed by atoms with Crippen molar-refractivity contribution in [3.8, 4) is 0 Å². The number of piperidine rings is 1. The van der Waals surface area contributed by atoms with Crippen molar-refractivity contribution < 1.29 is 4.79 Å². The normalized spacial score (nSPS) is 42.1. The minimum absolute atomic E-state index is 0.341. The number of carbonyl (C=O) groups is 1. The van der Waals surface area contributed by atoms with E-state index in [1.807, 2.05) is 0 Å². The molecular formula is C12H19NO. The summed E-state index contributed by atoms with van der Waals surface area (Å²) < 4.78 is 0. The van der Waals surface area contributed by atoms with Gasteiger partial charge in [0.15, 0.2) is 0 Å². The first kappa shape index (κ1) is 8.75. The quantitative estimate of drug-likeness (QED) is 0.578. The van der Waals surface area contributed by atoms with E-state index >= 15 is 0 Å². The van der Waals surface area contributed by atoms with E-state index in [1.54, 1.807) is 0 Å². The Morgan fingerprint density at radius 2 is 2.00 bits per heavy atom. The lowest BCUT2D eigenvalue weighted by molar-refractivity contribution is -0.136. The Kier molecular flexibility index (Phi) is 1.86. The van der Waals surface area contributed by atoms with E-state index in [0.717, 1.165) is 25.3 Å². The zero-order chi connectivity index (χ0) is 9.60. The largest absolute Gasteiger partial charge is 0.337 e. The van der Waals surface area contributed by atoms with Gasteiger partial charge in [0, 0.05) is 18.5 Å². The molecule has 0 N–H and O–H groups in total. The first-order valence-electron chi connectivity index (χ1n) is 6.13. The van der Waals surface area contributed by atoms with Crippen molar-refractivity contribution in [2.24, 2.45) is 5.92 Å². The summed E-state index contributed by atoms with van der Waals surface area (Å²) in [6.45, 7) is 1.05. The van der Waals surface area contributed by atoms with Crippen LogP contribution in [0.1, 0.15) is 51.4 Å². The van der Waals surface area contributed by atoms with Gasteiger partial charge in [-0.2, -0.15) is 0 Å². The molecule has 3 fully saturated rings. The molecule has 3 rings (SSSR count). The van der Waals surface area contributed by atoms with Crippen LogP contribution in [0.15, 0.2) is 0 Å². The molecule has 2 atom stereocenters. The smallest absolute Gasteiger partial charge is 0.223 e. The molecule has 0 unspecified atom stereocenters. The molecule has 0 radical (unpaired) electrons. The fourth-order valence-electron chi connectivity index (χ4n) is 4.08. The third kappa shape index (κ3) is 0.999. The van der Waals surface area contributed by atoms with E-state index in [9.17, 15) is 4.79 Å². The van der Waals surface area contributed by atoms with Gasteiger partial charge in [0.2, 0.25) is 5.91 Å². The minimum Gasteiger partial charge on any atom is -0.337 e. The van der Waals surface area contributed by atoms with Crippen LogP contribution in [0.3, 0.4) is 0 Å². The highest BCUT2D eigenvalue weighted by Gasteiger charge is 2.52. The van der Waals surface area contributed by atoms with Gasteiger partial charge in [-0.15, -0.1) is 0 Å². The maximum Gasteiger partial charge on any atom is 0.223 e. The lowest BCUT2D eigenvalue weighted by atomic mass is 9.67. The number of hydrogen-bond donors (Lipinski definition) is 0. The summed E-state index contributed by atoms with van der Waals surface area (Å²) in [6.07, 6.45) is 10.0. The van der Waals surface area contributed by atoms with Gasteiger partial charge in [-0.3, -0.25) is 4.79 Å². The molecule has 0 bridgehead atoms. The van der Waals surface area contributed by atoms with Gasteiger partial charge in [0.1, 0.15) is 0 Å². The van der Waals surface area contributed by atoms with Gasteiger partial charge in [-0.05, 0) is 38.0 Å². The lowest BCUT2D eigenvalue weighted by Gasteiger charge is -2.51. The molecule has 1 saturated carbocycles. The first-order chi connectivity index (χ1) is 6.83. The van der Waals surface area contributed by atoms with Gasteiger partial charge >= 0.3 is 0 Å². The Morgan fingerprint density at radius 3 is 2.93 bits per heavy atom. The van der Waals surface area contributed by atoms with Crippen molar-refractivity contribution in [3.63, 3.8) is 0 Å². The standard InChI is InChI=1S/C12H19NO/c14-11-6-8-12-7-2-1-4-10(12)5-3-9-13(11)12/h10H,1-9H2/t10-,12+/m1/s1. The van der Waals surface area contributed by atoms with Crippen LogP contribution < -0.4 is 0 Å². The van der Waals surface area contributed by atoms with Crippen LogP contribution in [0, 0.1) is 5.92 Å². The molecular weight excluding hydrogens is 174 g/mol. The van der Waals surface area contributed by atoms with Crippen molar-refractivity contribution in [3.05, 3.63) is 0 Å². The van der Waals surface area contributed by atoms with Crippen molar-refractivity contribution >= 4 is 5.91 Å². The SMILES string of the molecule is O=C1CC[C@@]23CCCC[C@@H]2CCCN13.